The Balaban J connectivity index is 1.45. The summed E-state index contributed by atoms with van der Waals surface area (Å²) in [6, 6.07) is 5.28. The number of anilines is 2. The molecule has 3 fully saturated rings. The summed E-state index contributed by atoms with van der Waals surface area (Å²) < 4.78 is 20.3. The molecule has 0 bridgehead atoms. The summed E-state index contributed by atoms with van der Waals surface area (Å²) in [5, 5.41) is 4.66. The molecular weight excluding hydrogens is 484 g/mol. The SMILES string of the molecule is COc1cc2c(NC3CCN(C4CC4)CC3)nc(N3CC[C@@H](F)C3)nc2cc1I. The summed E-state index contributed by atoms with van der Waals surface area (Å²) in [5.74, 6) is 2.29. The molecule has 2 aromatic rings. The molecule has 29 heavy (non-hydrogen) atoms. The van der Waals surface area contributed by atoms with Gasteiger partial charge >= 0.3 is 0 Å². The van der Waals surface area contributed by atoms with Crippen LogP contribution >= 0.6 is 22.6 Å². The minimum atomic E-state index is -0.798. The number of nitrogens with zero attached hydrogens (tertiary/aromatic N) is 4. The first kappa shape index (κ1) is 19.5. The number of aromatic nitrogens is 2. The van der Waals surface area contributed by atoms with E-state index in [1.807, 2.05) is 17.0 Å². The highest BCUT2D eigenvalue weighted by Gasteiger charge is 2.32. The molecule has 3 aliphatic rings. The molecule has 0 radical (unpaired) electrons. The first-order valence-corrected chi connectivity index (χ1v) is 11.6. The van der Waals surface area contributed by atoms with Crippen molar-refractivity contribution in [1.82, 2.24) is 14.9 Å². The van der Waals surface area contributed by atoms with Crippen molar-refractivity contribution in [3.8, 4) is 5.75 Å². The molecule has 1 aliphatic carbocycles. The first-order valence-electron chi connectivity index (χ1n) is 10.6. The molecular formula is C21H27FIN5O. The number of halogens is 2. The quantitative estimate of drug-likeness (QED) is 0.617. The molecule has 0 unspecified atom stereocenters. The fraction of sp³-hybridized carbons (Fsp3) is 0.619. The summed E-state index contributed by atoms with van der Waals surface area (Å²) in [6.45, 7) is 3.33. The van der Waals surface area contributed by atoms with Gasteiger partial charge in [-0.05, 0) is 66.8 Å². The number of likely N-dealkylation sites (tertiary alicyclic amines) is 1. The van der Waals surface area contributed by atoms with Crippen LogP contribution in [0.25, 0.3) is 10.9 Å². The maximum Gasteiger partial charge on any atom is 0.227 e. The van der Waals surface area contributed by atoms with Crippen molar-refractivity contribution in [1.29, 1.82) is 0 Å². The lowest BCUT2D eigenvalue weighted by Crippen LogP contribution is -2.40. The summed E-state index contributed by atoms with van der Waals surface area (Å²) in [4.78, 5) is 14.2. The summed E-state index contributed by atoms with van der Waals surface area (Å²) in [5.41, 5.74) is 0.875. The Kier molecular flexibility index (Phi) is 5.40. The van der Waals surface area contributed by atoms with E-state index in [1.54, 1.807) is 7.11 Å². The van der Waals surface area contributed by atoms with Gasteiger partial charge in [0.2, 0.25) is 5.95 Å². The number of piperidine rings is 1. The third-order valence-electron chi connectivity index (χ3n) is 6.30. The minimum Gasteiger partial charge on any atom is -0.496 e. The van der Waals surface area contributed by atoms with E-state index in [2.05, 4.69) is 32.8 Å². The van der Waals surface area contributed by atoms with E-state index in [4.69, 9.17) is 14.7 Å². The van der Waals surface area contributed by atoms with E-state index in [9.17, 15) is 4.39 Å². The van der Waals surface area contributed by atoms with Gasteiger partial charge in [-0.3, -0.25) is 0 Å². The zero-order valence-corrected chi connectivity index (χ0v) is 18.9. The predicted molar refractivity (Wildman–Crippen MR) is 122 cm³/mol. The molecule has 0 amide bonds. The molecule has 1 saturated carbocycles. The molecule has 156 valence electrons. The molecule has 5 rings (SSSR count). The first-order chi connectivity index (χ1) is 14.1. The van der Waals surface area contributed by atoms with Crippen LogP contribution in [0.3, 0.4) is 0 Å². The average Bonchev–Trinajstić information content (AvgIpc) is 3.48. The monoisotopic (exact) mass is 511 g/mol. The van der Waals surface area contributed by atoms with Crippen LogP contribution in [0.2, 0.25) is 0 Å². The number of nitrogens with one attached hydrogen (secondary N) is 1. The fourth-order valence-corrected chi connectivity index (χ4v) is 5.14. The second-order valence-electron chi connectivity index (χ2n) is 8.39. The van der Waals surface area contributed by atoms with Crippen LogP contribution in [0.5, 0.6) is 5.75 Å². The smallest absolute Gasteiger partial charge is 0.227 e. The standard InChI is InChI=1S/C21H27FIN5O/c1-29-19-10-16-18(11-17(19)23)25-21(28-7-4-13(22)12-28)26-20(16)24-14-5-8-27(9-6-14)15-2-3-15/h10-11,13-15H,2-9,12H2,1H3,(H,24,25,26)/t13-/m1/s1. The zero-order valence-electron chi connectivity index (χ0n) is 16.7. The number of benzene rings is 1. The number of alkyl halides is 1. The molecule has 0 spiro atoms. The van der Waals surface area contributed by atoms with Crippen molar-refractivity contribution in [3.63, 3.8) is 0 Å². The van der Waals surface area contributed by atoms with Crippen LogP contribution in [-0.4, -0.2) is 66.4 Å². The second-order valence-corrected chi connectivity index (χ2v) is 9.56. The molecule has 1 aromatic heterocycles. The van der Waals surface area contributed by atoms with Crippen LogP contribution in [0.4, 0.5) is 16.2 Å². The van der Waals surface area contributed by atoms with Gasteiger partial charge in [-0.15, -0.1) is 0 Å². The van der Waals surface area contributed by atoms with Crippen molar-refractivity contribution in [2.24, 2.45) is 0 Å². The number of hydrogen-bond acceptors (Lipinski definition) is 6. The van der Waals surface area contributed by atoms with E-state index >= 15 is 0 Å². The molecule has 3 heterocycles. The van der Waals surface area contributed by atoms with Gasteiger partial charge in [0, 0.05) is 37.1 Å². The molecule has 1 aromatic carbocycles. The predicted octanol–water partition coefficient (Wildman–Crippen LogP) is 3.83. The Morgan fingerprint density at radius 3 is 2.55 bits per heavy atom. The summed E-state index contributed by atoms with van der Waals surface area (Å²) >= 11 is 2.27. The van der Waals surface area contributed by atoms with Gasteiger partial charge in [-0.2, -0.15) is 4.98 Å². The third kappa shape index (κ3) is 4.10. The zero-order chi connectivity index (χ0) is 20.0. The van der Waals surface area contributed by atoms with Crippen LogP contribution in [0, 0.1) is 3.57 Å². The number of rotatable bonds is 5. The maximum atomic E-state index is 13.8. The highest BCUT2D eigenvalue weighted by Crippen LogP contribution is 2.34. The van der Waals surface area contributed by atoms with E-state index in [-0.39, 0.29) is 0 Å². The van der Waals surface area contributed by atoms with E-state index < -0.39 is 6.17 Å². The van der Waals surface area contributed by atoms with Crippen molar-refractivity contribution in [2.75, 3.05) is 43.5 Å². The van der Waals surface area contributed by atoms with Crippen molar-refractivity contribution in [2.45, 2.75) is 50.4 Å². The Labute approximate surface area is 184 Å². The fourth-order valence-electron chi connectivity index (χ4n) is 4.47. The normalized spacial score (nSPS) is 23.7. The Bertz CT molecular complexity index is 900. The summed E-state index contributed by atoms with van der Waals surface area (Å²) in [6.07, 6.45) is 4.71. The van der Waals surface area contributed by atoms with Crippen molar-refractivity contribution >= 4 is 45.3 Å². The lowest BCUT2D eigenvalue weighted by molar-refractivity contribution is 0.210. The van der Waals surface area contributed by atoms with E-state index in [0.29, 0.717) is 31.5 Å². The molecule has 1 atom stereocenters. The van der Waals surface area contributed by atoms with Crippen LogP contribution in [0.1, 0.15) is 32.1 Å². The van der Waals surface area contributed by atoms with Crippen molar-refractivity contribution in [3.05, 3.63) is 15.7 Å². The van der Waals surface area contributed by atoms with E-state index in [1.165, 1.54) is 12.8 Å². The van der Waals surface area contributed by atoms with Crippen molar-refractivity contribution < 1.29 is 9.13 Å². The van der Waals surface area contributed by atoms with E-state index in [0.717, 1.165) is 58.0 Å². The summed E-state index contributed by atoms with van der Waals surface area (Å²) in [7, 11) is 1.69. The van der Waals surface area contributed by atoms with Crippen LogP contribution in [0.15, 0.2) is 12.1 Å². The highest BCUT2D eigenvalue weighted by molar-refractivity contribution is 14.1. The van der Waals surface area contributed by atoms with Gasteiger partial charge < -0.3 is 19.9 Å². The minimum absolute atomic E-state index is 0.373. The maximum absolute atomic E-state index is 13.8. The second kappa shape index (κ2) is 8.02. The van der Waals surface area contributed by atoms with Gasteiger partial charge in [0.05, 0.1) is 22.7 Å². The number of methoxy groups -OCH3 is 1. The van der Waals surface area contributed by atoms with Crippen LogP contribution < -0.4 is 15.0 Å². The number of hydrogen-bond donors (Lipinski definition) is 1. The Morgan fingerprint density at radius 2 is 1.90 bits per heavy atom. The number of fused-ring (bicyclic) bond motifs is 1. The topological polar surface area (TPSA) is 53.5 Å². The molecule has 2 aliphatic heterocycles. The third-order valence-corrected chi connectivity index (χ3v) is 7.15. The molecule has 8 heteroatoms. The lowest BCUT2D eigenvalue weighted by Gasteiger charge is -2.33. The largest absolute Gasteiger partial charge is 0.496 e. The highest BCUT2D eigenvalue weighted by atomic mass is 127. The molecule has 2 saturated heterocycles. The Morgan fingerprint density at radius 1 is 1.10 bits per heavy atom. The molecule has 6 nitrogen and oxygen atoms in total. The van der Waals surface area contributed by atoms with Gasteiger partial charge in [0.1, 0.15) is 17.7 Å². The van der Waals surface area contributed by atoms with Crippen LogP contribution in [-0.2, 0) is 0 Å². The van der Waals surface area contributed by atoms with Gasteiger partial charge in [-0.1, -0.05) is 0 Å². The lowest BCUT2D eigenvalue weighted by atomic mass is 10.0. The van der Waals surface area contributed by atoms with Gasteiger partial charge in [0.15, 0.2) is 0 Å². The Hall–Kier alpha value is -1.42. The average molecular weight is 511 g/mol. The molecule has 1 N–H and O–H groups in total. The number of ether oxygens (including phenoxy) is 1. The van der Waals surface area contributed by atoms with Gasteiger partial charge in [0.25, 0.3) is 0 Å². The van der Waals surface area contributed by atoms with Gasteiger partial charge in [-0.25, -0.2) is 9.37 Å².